The van der Waals surface area contributed by atoms with Crippen LogP contribution >= 0.6 is 0 Å². The summed E-state index contributed by atoms with van der Waals surface area (Å²) in [6, 6.07) is 4.91. The summed E-state index contributed by atoms with van der Waals surface area (Å²) in [6.45, 7) is 3.05. The first-order chi connectivity index (χ1) is 9.58. The van der Waals surface area contributed by atoms with Crippen LogP contribution in [0.25, 0.3) is 0 Å². The zero-order chi connectivity index (χ0) is 16.3. The quantitative estimate of drug-likeness (QED) is 0.761. The summed E-state index contributed by atoms with van der Waals surface area (Å²) in [5.74, 6) is -1.13. The Labute approximate surface area is 123 Å². The van der Waals surface area contributed by atoms with Gasteiger partial charge in [-0.3, -0.25) is 0 Å². The van der Waals surface area contributed by atoms with E-state index in [1.54, 1.807) is 6.92 Å². The average Bonchev–Trinajstić information content (AvgIpc) is 2.37. The number of aliphatic carboxylic acids is 1. The number of amides is 2. The van der Waals surface area contributed by atoms with Crippen LogP contribution in [0.5, 0.6) is 0 Å². The standard InChI is InChI=1S/C13H18N2O5S/c1-4-13(2,11(16)17)15-12(18)14-9-5-7-10(8-6-9)21(3,19)20/h5-8H,4H2,1-3H3,(H,16,17)(H2,14,15,18). The average molecular weight is 314 g/mol. The van der Waals surface area contributed by atoms with E-state index in [9.17, 15) is 18.0 Å². The highest BCUT2D eigenvalue weighted by molar-refractivity contribution is 7.90. The molecule has 0 aliphatic carbocycles. The minimum absolute atomic E-state index is 0.136. The molecule has 0 aromatic heterocycles. The van der Waals surface area contributed by atoms with E-state index in [0.717, 1.165) is 6.26 Å². The number of anilines is 1. The molecule has 0 fully saturated rings. The maximum absolute atomic E-state index is 11.8. The molecule has 1 aromatic rings. The molecule has 1 rings (SSSR count). The van der Waals surface area contributed by atoms with Crippen LogP contribution in [0, 0.1) is 0 Å². The molecule has 1 unspecified atom stereocenters. The van der Waals surface area contributed by atoms with E-state index in [1.807, 2.05) is 0 Å². The molecule has 0 aliphatic rings. The lowest BCUT2D eigenvalue weighted by Crippen LogP contribution is -2.53. The fraction of sp³-hybridized carbons (Fsp3) is 0.385. The van der Waals surface area contributed by atoms with Crippen molar-refractivity contribution < 1.29 is 23.1 Å². The Hall–Kier alpha value is -2.09. The first-order valence-electron chi connectivity index (χ1n) is 6.21. The third-order valence-corrected chi connectivity index (χ3v) is 4.24. The van der Waals surface area contributed by atoms with Gasteiger partial charge in [0, 0.05) is 11.9 Å². The SMILES string of the molecule is CCC(C)(NC(=O)Nc1ccc(S(C)(=O)=O)cc1)C(=O)O. The Morgan fingerprint density at radius 3 is 2.14 bits per heavy atom. The number of carboxylic acids is 1. The van der Waals surface area contributed by atoms with Gasteiger partial charge in [0.2, 0.25) is 0 Å². The summed E-state index contributed by atoms with van der Waals surface area (Å²) in [5.41, 5.74) is -1.000. The van der Waals surface area contributed by atoms with E-state index in [1.165, 1.54) is 31.2 Å². The predicted octanol–water partition coefficient (Wildman–Crippen LogP) is 1.46. The van der Waals surface area contributed by atoms with E-state index in [-0.39, 0.29) is 11.3 Å². The smallest absolute Gasteiger partial charge is 0.329 e. The number of carbonyl (C=O) groups is 2. The van der Waals surface area contributed by atoms with Gasteiger partial charge in [-0.15, -0.1) is 0 Å². The van der Waals surface area contributed by atoms with Crippen molar-refractivity contribution in [3.05, 3.63) is 24.3 Å². The zero-order valence-corrected chi connectivity index (χ0v) is 12.8. The van der Waals surface area contributed by atoms with Gasteiger partial charge in [0.1, 0.15) is 5.54 Å². The molecule has 0 spiro atoms. The van der Waals surface area contributed by atoms with Gasteiger partial charge in [0.05, 0.1) is 4.90 Å². The summed E-state index contributed by atoms with van der Waals surface area (Å²) in [7, 11) is -3.30. The van der Waals surface area contributed by atoms with Gasteiger partial charge >= 0.3 is 12.0 Å². The topological polar surface area (TPSA) is 113 Å². The van der Waals surface area contributed by atoms with Crippen molar-refractivity contribution in [3.8, 4) is 0 Å². The minimum Gasteiger partial charge on any atom is -0.480 e. The number of carboxylic acid groups (broad SMARTS) is 1. The number of urea groups is 1. The normalized spacial score (nSPS) is 14.0. The maximum atomic E-state index is 11.8. The van der Waals surface area contributed by atoms with Gasteiger partial charge < -0.3 is 15.7 Å². The molecule has 0 saturated carbocycles. The van der Waals surface area contributed by atoms with Gasteiger partial charge in [-0.25, -0.2) is 18.0 Å². The molecule has 116 valence electrons. The number of benzene rings is 1. The molecule has 0 aliphatic heterocycles. The number of hydrogen-bond acceptors (Lipinski definition) is 4. The predicted molar refractivity (Wildman–Crippen MR) is 78.0 cm³/mol. The zero-order valence-electron chi connectivity index (χ0n) is 12.0. The van der Waals surface area contributed by atoms with Gasteiger partial charge in [-0.2, -0.15) is 0 Å². The van der Waals surface area contributed by atoms with Gasteiger partial charge in [0.15, 0.2) is 9.84 Å². The molecule has 0 bridgehead atoms. The summed E-state index contributed by atoms with van der Waals surface area (Å²) < 4.78 is 22.6. The number of nitrogens with one attached hydrogen (secondary N) is 2. The van der Waals surface area contributed by atoms with Crippen molar-refractivity contribution in [2.24, 2.45) is 0 Å². The summed E-state index contributed by atoms with van der Waals surface area (Å²) in [4.78, 5) is 23.0. The maximum Gasteiger partial charge on any atom is 0.329 e. The van der Waals surface area contributed by atoms with Crippen molar-refractivity contribution in [1.82, 2.24) is 5.32 Å². The van der Waals surface area contributed by atoms with E-state index in [2.05, 4.69) is 10.6 Å². The van der Waals surface area contributed by atoms with Crippen molar-refractivity contribution in [3.63, 3.8) is 0 Å². The monoisotopic (exact) mass is 314 g/mol. The highest BCUT2D eigenvalue weighted by atomic mass is 32.2. The number of hydrogen-bond donors (Lipinski definition) is 3. The van der Waals surface area contributed by atoms with E-state index < -0.39 is 27.4 Å². The largest absolute Gasteiger partial charge is 0.480 e. The van der Waals surface area contributed by atoms with Crippen molar-refractivity contribution in [2.75, 3.05) is 11.6 Å². The summed E-state index contributed by atoms with van der Waals surface area (Å²) in [6.07, 6.45) is 1.31. The second-order valence-electron chi connectivity index (χ2n) is 4.87. The Balaban J connectivity index is 2.78. The Bertz CT molecular complexity index is 639. The van der Waals surface area contributed by atoms with Crippen molar-refractivity contribution >= 4 is 27.5 Å². The lowest BCUT2D eigenvalue weighted by Gasteiger charge is -2.24. The van der Waals surface area contributed by atoms with E-state index >= 15 is 0 Å². The first kappa shape index (κ1) is 17.0. The number of carbonyl (C=O) groups excluding carboxylic acids is 1. The molecule has 0 saturated heterocycles. The molecular weight excluding hydrogens is 296 g/mol. The Morgan fingerprint density at radius 1 is 1.24 bits per heavy atom. The van der Waals surface area contributed by atoms with Crippen LogP contribution in [-0.2, 0) is 14.6 Å². The van der Waals surface area contributed by atoms with Crippen LogP contribution < -0.4 is 10.6 Å². The third-order valence-electron chi connectivity index (χ3n) is 3.11. The lowest BCUT2D eigenvalue weighted by atomic mass is 10.00. The highest BCUT2D eigenvalue weighted by Gasteiger charge is 2.32. The van der Waals surface area contributed by atoms with Crippen LogP contribution in [0.3, 0.4) is 0 Å². The number of sulfone groups is 1. The molecule has 0 radical (unpaired) electrons. The van der Waals surface area contributed by atoms with Gasteiger partial charge in [0.25, 0.3) is 0 Å². The first-order valence-corrected chi connectivity index (χ1v) is 8.10. The van der Waals surface area contributed by atoms with E-state index in [4.69, 9.17) is 5.11 Å². The molecule has 8 heteroatoms. The van der Waals surface area contributed by atoms with Crippen LogP contribution in [-0.4, -0.2) is 37.3 Å². The molecule has 7 nitrogen and oxygen atoms in total. The second kappa shape index (κ2) is 6.13. The minimum atomic E-state index is -3.30. The molecule has 21 heavy (non-hydrogen) atoms. The number of rotatable bonds is 5. The lowest BCUT2D eigenvalue weighted by molar-refractivity contribution is -0.143. The van der Waals surface area contributed by atoms with Crippen LogP contribution in [0.1, 0.15) is 20.3 Å². The van der Waals surface area contributed by atoms with Gasteiger partial charge in [-0.05, 0) is 37.6 Å². The van der Waals surface area contributed by atoms with Crippen LogP contribution in [0.2, 0.25) is 0 Å². The second-order valence-corrected chi connectivity index (χ2v) is 6.88. The molecule has 1 atom stereocenters. The molecule has 0 heterocycles. The summed E-state index contributed by atoms with van der Waals surface area (Å²) in [5, 5.41) is 13.9. The molecule has 1 aromatic carbocycles. The molecule has 2 amide bonds. The van der Waals surface area contributed by atoms with Crippen LogP contribution in [0.15, 0.2) is 29.2 Å². The molecular formula is C13H18N2O5S. The Kier molecular flexibility index (Phi) is 4.95. The van der Waals surface area contributed by atoms with Crippen LogP contribution in [0.4, 0.5) is 10.5 Å². The third kappa shape index (κ3) is 4.45. The summed E-state index contributed by atoms with van der Waals surface area (Å²) >= 11 is 0. The fourth-order valence-electron chi connectivity index (χ4n) is 1.49. The highest BCUT2D eigenvalue weighted by Crippen LogP contribution is 2.15. The molecule has 3 N–H and O–H groups in total. The fourth-order valence-corrected chi connectivity index (χ4v) is 2.12. The van der Waals surface area contributed by atoms with E-state index in [0.29, 0.717) is 5.69 Å². The van der Waals surface area contributed by atoms with Gasteiger partial charge in [-0.1, -0.05) is 6.92 Å². The Morgan fingerprint density at radius 2 is 1.76 bits per heavy atom. The van der Waals surface area contributed by atoms with Crippen molar-refractivity contribution in [2.45, 2.75) is 30.7 Å². The van der Waals surface area contributed by atoms with Crippen molar-refractivity contribution in [1.29, 1.82) is 0 Å².